The third kappa shape index (κ3) is 1.97. The summed E-state index contributed by atoms with van der Waals surface area (Å²) >= 11 is 5.32. The molecule has 0 saturated heterocycles. The standard InChI is InChI=1S/C12H16N2S/c1-8(2)7-14-11-5-4-9(3)6-10(11)13-12(14)15/h4-6,8H,7H2,1-3H3,(H,13,15). The van der Waals surface area contributed by atoms with E-state index in [9.17, 15) is 0 Å². The van der Waals surface area contributed by atoms with E-state index in [0.29, 0.717) is 5.92 Å². The highest BCUT2D eigenvalue weighted by Crippen LogP contribution is 2.17. The van der Waals surface area contributed by atoms with Crippen molar-refractivity contribution in [3.05, 3.63) is 28.5 Å². The van der Waals surface area contributed by atoms with Crippen LogP contribution in [0.2, 0.25) is 0 Å². The SMILES string of the molecule is Cc1ccc2c(c1)[nH]c(=S)n2CC(C)C. The Labute approximate surface area is 94.9 Å². The van der Waals surface area contributed by atoms with Crippen LogP contribution in [0.4, 0.5) is 0 Å². The van der Waals surface area contributed by atoms with Crippen molar-refractivity contribution >= 4 is 23.3 Å². The Balaban J connectivity index is 2.63. The monoisotopic (exact) mass is 220 g/mol. The molecule has 0 unspecified atom stereocenters. The maximum absolute atomic E-state index is 5.32. The van der Waals surface area contributed by atoms with Gasteiger partial charge in [0, 0.05) is 6.54 Å². The molecule has 0 aliphatic carbocycles. The number of nitrogens with one attached hydrogen (secondary N) is 1. The van der Waals surface area contributed by atoms with Gasteiger partial charge in [-0.05, 0) is 42.8 Å². The summed E-state index contributed by atoms with van der Waals surface area (Å²) in [7, 11) is 0. The van der Waals surface area contributed by atoms with E-state index in [2.05, 4.69) is 48.5 Å². The average molecular weight is 220 g/mol. The summed E-state index contributed by atoms with van der Waals surface area (Å²) in [6, 6.07) is 6.41. The van der Waals surface area contributed by atoms with E-state index >= 15 is 0 Å². The third-order valence-corrected chi connectivity index (χ3v) is 2.80. The zero-order valence-electron chi connectivity index (χ0n) is 9.37. The average Bonchev–Trinajstić information content (AvgIpc) is 2.41. The molecule has 2 rings (SSSR count). The van der Waals surface area contributed by atoms with E-state index in [1.807, 2.05) is 0 Å². The first-order chi connectivity index (χ1) is 7.08. The number of H-pyrrole nitrogens is 1. The van der Waals surface area contributed by atoms with Crippen LogP contribution in [0.5, 0.6) is 0 Å². The molecule has 2 nitrogen and oxygen atoms in total. The molecule has 1 aromatic carbocycles. The molecule has 1 heterocycles. The predicted octanol–water partition coefficient (Wildman–Crippen LogP) is 3.66. The van der Waals surface area contributed by atoms with Crippen molar-refractivity contribution in [1.82, 2.24) is 9.55 Å². The number of nitrogens with zero attached hydrogens (tertiary/aromatic N) is 1. The maximum Gasteiger partial charge on any atom is 0.178 e. The van der Waals surface area contributed by atoms with Gasteiger partial charge in [0.25, 0.3) is 0 Å². The molecule has 0 aliphatic heterocycles. The molecule has 0 saturated carbocycles. The van der Waals surface area contributed by atoms with E-state index in [1.54, 1.807) is 0 Å². The molecule has 80 valence electrons. The molecule has 1 aromatic heterocycles. The highest BCUT2D eigenvalue weighted by atomic mass is 32.1. The van der Waals surface area contributed by atoms with Crippen LogP contribution >= 0.6 is 12.2 Å². The van der Waals surface area contributed by atoms with Crippen LogP contribution in [0.1, 0.15) is 19.4 Å². The predicted molar refractivity (Wildman–Crippen MR) is 66.7 cm³/mol. The van der Waals surface area contributed by atoms with E-state index in [4.69, 9.17) is 12.2 Å². The Kier molecular flexibility index (Phi) is 2.65. The van der Waals surface area contributed by atoms with Gasteiger partial charge in [0.2, 0.25) is 0 Å². The van der Waals surface area contributed by atoms with E-state index in [1.165, 1.54) is 11.1 Å². The quantitative estimate of drug-likeness (QED) is 0.766. The van der Waals surface area contributed by atoms with Crippen LogP contribution in [-0.2, 0) is 6.54 Å². The molecule has 0 spiro atoms. The highest BCUT2D eigenvalue weighted by Gasteiger charge is 2.05. The highest BCUT2D eigenvalue weighted by molar-refractivity contribution is 7.71. The van der Waals surface area contributed by atoms with Gasteiger partial charge in [-0.2, -0.15) is 0 Å². The number of aromatic amines is 1. The van der Waals surface area contributed by atoms with Crippen molar-refractivity contribution < 1.29 is 0 Å². The molecule has 0 amide bonds. The molecule has 0 bridgehead atoms. The Morgan fingerprint density at radius 1 is 1.40 bits per heavy atom. The fourth-order valence-electron chi connectivity index (χ4n) is 1.82. The lowest BCUT2D eigenvalue weighted by Gasteiger charge is -2.07. The van der Waals surface area contributed by atoms with Crippen LogP contribution in [0.15, 0.2) is 18.2 Å². The minimum Gasteiger partial charge on any atom is -0.331 e. The number of benzene rings is 1. The van der Waals surface area contributed by atoms with Crippen molar-refractivity contribution in [2.45, 2.75) is 27.3 Å². The molecular formula is C12H16N2S. The van der Waals surface area contributed by atoms with Crippen LogP contribution in [0, 0.1) is 17.6 Å². The number of aryl methyl sites for hydroxylation is 1. The molecule has 0 atom stereocenters. The Bertz CT molecular complexity index is 534. The first-order valence-corrected chi connectivity index (χ1v) is 5.68. The number of hydrogen-bond acceptors (Lipinski definition) is 1. The third-order valence-electron chi connectivity index (χ3n) is 2.48. The lowest BCUT2D eigenvalue weighted by molar-refractivity contribution is 0.529. The number of aromatic nitrogens is 2. The van der Waals surface area contributed by atoms with Gasteiger partial charge in [0.05, 0.1) is 11.0 Å². The van der Waals surface area contributed by atoms with Crippen LogP contribution in [-0.4, -0.2) is 9.55 Å². The van der Waals surface area contributed by atoms with E-state index in [-0.39, 0.29) is 0 Å². The van der Waals surface area contributed by atoms with E-state index in [0.717, 1.165) is 16.8 Å². The van der Waals surface area contributed by atoms with E-state index < -0.39 is 0 Å². The molecule has 2 aromatic rings. The summed E-state index contributed by atoms with van der Waals surface area (Å²) in [4.78, 5) is 3.25. The summed E-state index contributed by atoms with van der Waals surface area (Å²) in [5.41, 5.74) is 3.61. The topological polar surface area (TPSA) is 20.7 Å². The molecule has 0 aliphatic rings. The molecule has 0 fully saturated rings. The second-order valence-corrected chi connectivity index (χ2v) is 4.84. The summed E-state index contributed by atoms with van der Waals surface area (Å²) in [6.45, 7) is 7.47. The van der Waals surface area contributed by atoms with Crippen molar-refractivity contribution in [2.24, 2.45) is 5.92 Å². The smallest absolute Gasteiger partial charge is 0.178 e. The van der Waals surface area contributed by atoms with Crippen molar-refractivity contribution in [2.75, 3.05) is 0 Å². The van der Waals surface area contributed by atoms with Gasteiger partial charge < -0.3 is 9.55 Å². The van der Waals surface area contributed by atoms with Crippen molar-refractivity contribution in [3.8, 4) is 0 Å². The fourth-order valence-corrected chi connectivity index (χ4v) is 2.11. The Morgan fingerprint density at radius 2 is 2.13 bits per heavy atom. The lowest BCUT2D eigenvalue weighted by Crippen LogP contribution is -2.03. The van der Waals surface area contributed by atoms with Crippen LogP contribution in [0.25, 0.3) is 11.0 Å². The van der Waals surface area contributed by atoms with Gasteiger partial charge in [0.1, 0.15) is 0 Å². The second-order valence-electron chi connectivity index (χ2n) is 4.46. The largest absolute Gasteiger partial charge is 0.331 e. The lowest BCUT2D eigenvalue weighted by atomic mass is 10.2. The minimum absolute atomic E-state index is 0.608. The summed E-state index contributed by atoms with van der Waals surface area (Å²) in [6.07, 6.45) is 0. The Hall–Kier alpha value is -1.09. The number of imidazole rings is 1. The molecule has 0 radical (unpaired) electrons. The number of rotatable bonds is 2. The number of hydrogen-bond donors (Lipinski definition) is 1. The fraction of sp³-hybridized carbons (Fsp3) is 0.417. The first-order valence-electron chi connectivity index (χ1n) is 5.27. The maximum atomic E-state index is 5.32. The molecule has 1 N–H and O–H groups in total. The molecular weight excluding hydrogens is 204 g/mol. The normalized spacial score (nSPS) is 11.5. The first kappa shape index (κ1) is 10.4. The second kappa shape index (κ2) is 3.81. The summed E-state index contributed by atoms with van der Waals surface area (Å²) in [5, 5.41) is 0. The van der Waals surface area contributed by atoms with Gasteiger partial charge in [-0.25, -0.2) is 0 Å². The van der Waals surface area contributed by atoms with Crippen molar-refractivity contribution in [3.63, 3.8) is 0 Å². The van der Waals surface area contributed by atoms with Gasteiger partial charge in [-0.3, -0.25) is 0 Å². The molecule has 15 heavy (non-hydrogen) atoms. The van der Waals surface area contributed by atoms with Crippen LogP contribution in [0.3, 0.4) is 0 Å². The van der Waals surface area contributed by atoms with Gasteiger partial charge in [-0.15, -0.1) is 0 Å². The number of fused-ring (bicyclic) bond motifs is 1. The van der Waals surface area contributed by atoms with Gasteiger partial charge >= 0.3 is 0 Å². The van der Waals surface area contributed by atoms with Crippen LogP contribution < -0.4 is 0 Å². The Morgan fingerprint density at radius 3 is 2.80 bits per heavy atom. The van der Waals surface area contributed by atoms with Gasteiger partial charge in [0.15, 0.2) is 4.77 Å². The van der Waals surface area contributed by atoms with Gasteiger partial charge in [-0.1, -0.05) is 19.9 Å². The zero-order chi connectivity index (χ0) is 11.0. The summed E-state index contributed by atoms with van der Waals surface area (Å²) < 4.78 is 3.00. The minimum atomic E-state index is 0.608. The molecule has 3 heteroatoms. The summed E-state index contributed by atoms with van der Waals surface area (Å²) in [5.74, 6) is 0.608. The van der Waals surface area contributed by atoms with Crippen molar-refractivity contribution in [1.29, 1.82) is 0 Å². The zero-order valence-corrected chi connectivity index (χ0v) is 10.2.